The molecule has 0 aromatic heterocycles. The number of benzene rings is 8. The Kier molecular flexibility index (Phi) is 27.4. The lowest BCUT2D eigenvalue weighted by Crippen LogP contribution is -2.50. The summed E-state index contributed by atoms with van der Waals surface area (Å²) >= 11 is 1.71. The van der Waals surface area contributed by atoms with E-state index >= 15 is 0 Å². The second-order valence-corrected chi connectivity index (χ2v) is 21.5. The summed E-state index contributed by atoms with van der Waals surface area (Å²) in [5.74, 6) is 7.70. The highest BCUT2D eigenvalue weighted by Crippen LogP contribution is 2.58. The maximum atomic E-state index is 5.39. The van der Waals surface area contributed by atoms with Gasteiger partial charge in [0.25, 0.3) is 0 Å². The van der Waals surface area contributed by atoms with Crippen molar-refractivity contribution in [3.8, 4) is 46.0 Å². The highest BCUT2D eigenvalue weighted by atomic mass is 32.2. The Balaban J connectivity index is 0.000000284. The minimum absolute atomic E-state index is 0. The van der Waals surface area contributed by atoms with Crippen LogP contribution in [0, 0.1) is 11.3 Å². The Morgan fingerprint density at radius 2 is 0.630 bits per heavy atom. The van der Waals surface area contributed by atoms with Crippen LogP contribution in [0.3, 0.4) is 0 Å². The van der Waals surface area contributed by atoms with Crippen molar-refractivity contribution in [1.82, 2.24) is 0 Å². The summed E-state index contributed by atoms with van der Waals surface area (Å²) < 4.78 is 41.7. The maximum absolute atomic E-state index is 5.39. The van der Waals surface area contributed by atoms with Crippen LogP contribution in [0.4, 0.5) is 0 Å². The molecule has 0 radical (unpaired) electrons. The number of ether oxygens (including phenoxy) is 8. The van der Waals surface area contributed by atoms with Crippen LogP contribution in [-0.4, -0.2) is 56.9 Å². The van der Waals surface area contributed by atoms with Gasteiger partial charge in [-0.1, -0.05) is 148 Å². The topological polar surface area (TPSA) is 73.8 Å². The zero-order valence-electron chi connectivity index (χ0n) is 48.1. The van der Waals surface area contributed by atoms with Crippen molar-refractivity contribution in [2.24, 2.45) is 11.3 Å². The van der Waals surface area contributed by atoms with Crippen LogP contribution in [0.15, 0.2) is 204 Å². The Labute approximate surface area is 492 Å². The van der Waals surface area contributed by atoms with Crippen molar-refractivity contribution in [2.45, 2.75) is 103 Å². The van der Waals surface area contributed by atoms with Gasteiger partial charge in [-0.15, -0.1) is 0 Å². The van der Waals surface area contributed by atoms with Gasteiger partial charge in [0.2, 0.25) is 0 Å². The lowest BCUT2D eigenvalue weighted by atomic mass is 9.48. The fraction of sp³-hybridized carbons (Fsp3) is 0.333. The standard InChI is InChI=1S/C23H30O2.C17H20O2.C15H16O2.C14H14O2S.3CH4/c1-17-7-6-16-22(2,3)23(17,18-8-12-20(24-4)13-9-18)19-10-14-21(25-5)15-11-19;1-17(2,13-5-9-15(18-3)10-6-13)14-7-11-16(19-4)12-8-14;1-16-14-7-3-12(4-8-14)11-13-5-9-15(17-2)10-6-13;1-15-11-3-7-13(8-4-11)17-14-9-5-12(16-2)6-10-14;;;/h8-15,17H,6-7,16H2,1-5H3;5-12H,1-4H3;3-10H,11H2,1-2H3;3-10H,1-2H3;3*1H4. The zero-order valence-corrected chi connectivity index (χ0v) is 48.9. The van der Waals surface area contributed by atoms with E-state index in [9.17, 15) is 0 Å². The van der Waals surface area contributed by atoms with Gasteiger partial charge in [0.15, 0.2) is 0 Å². The Morgan fingerprint density at radius 3 is 0.889 bits per heavy atom. The van der Waals surface area contributed by atoms with Gasteiger partial charge in [0.05, 0.1) is 56.9 Å². The maximum Gasteiger partial charge on any atom is 0.118 e. The molecule has 9 heteroatoms. The molecule has 1 atom stereocenters. The number of methoxy groups -OCH3 is 8. The minimum Gasteiger partial charge on any atom is -0.497 e. The highest BCUT2D eigenvalue weighted by molar-refractivity contribution is 7.99. The molecule has 0 saturated heterocycles. The van der Waals surface area contributed by atoms with E-state index in [1.807, 2.05) is 97.1 Å². The summed E-state index contributed by atoms with van der Waals surface area (Å²) in [4.78, 5) is 2.38. The minimum atomic E-state index is -0.0431. The van der Waals surface area contributed by atoms with Crippen LogP contribution in [0.25, 0.3) is 0 Å². The van der Waals surface area contributed by atoms with Crippen molar-refractivity contribution in [1.29, 1.82) is 0 Å². The summed E-state index contributed by atoms with van der Waals surface area (Å²) in [6.45, 7) is 11.7. The lowest BCUT2D eigenvalue weighted by Gasteiger charge is -2.55. The molecule has 0 amide bonds. The first-order valence-electron chi connectivity index (χ1n) is 26.5. The molecule has 0 bridgehead atoms. The molecule has 8 nitrogen and oxygen atoms in total. The Bertz CT molecular complexity index is 2690. The molecule has 1 unspecified atom stereocenters. The van der Waals surface area contributed by atoms with E-state index in [1.54, 1.807) is 68.6 Å². The predicted octanol–water partition coefficient (Wildman–Crippen LogP) is 18.9. The van der Waals surface area contributed by atoms with Gasteiger partial charge in [-0.05, 0) is 185 Å². The average Bonchev–Trinajstić information content (AvgIpc) is 3.63. The van der Waals surface area contributed by atoms with E-state index in [0.717, 1.165) is 52.4 Å². The van der Waals surface area contributed by atoms with Crippen molar-refractivity contribution in [2.75, 3.05) is 56.9 Å². The van der Waals surface area contributed by atoms with Gasteiger partial charge in [0.1, 0.15) is 46.0 Å². The van der Waals surface area contributed by atoms with Crippen molar-refractivity contribution in [3.63, 3.8) is 0 Å². The normalized spacial score (nSPS) is 13.5. The first-order chi connectivity index (χ1) is 37.7. The molecule has 8 aromatic rings. The molecule has 81 heavy (non-hydrogen) atoms. The molecule has 8 aromatic carbocycles. The second-order valence-electron chi connectivity index (χ2n) is 20.4. The van der Waals surface area contributed by atoms with Crippen LogP contribution >= 0.6 is 11.8 Å². The molecule has 1 saturated carbocycles. The molecule has 434 valence electrons. The zero-order chi connectivity index (χ0) is 56.1. The highest BCUT2D eigenvalue weighted by Gasteiger charge is 2.53. The van der Waals surface area contributed by atoms with Crippen molar-refractivity contribution < 1.29 is 37.9 Å². The molecule has 0 heterocycles. The quantitative estimate of drug-likeness (QED) is 0.0940. The van der Waals surface area contributed by atoms with Gasteiger partial charge < -0.3 is 37.9 Å². The van der Waals surface area contributed by atoms with E-state index in [4.69, 9.17) is 37.9 Å². The van der Waals surface area contributed by atoms with Crippen LogP contribution in [-0.2, 0) is 17.3 Å². The predicted molar refractivity (Wildman–Crippen MR) is 341 cm³/mol. The average molecular weight is 1120 g/mol. The third kappa shape index (κ3) is 17.8. The van der Waals surface area contributed by atoms with Gasteiger partial charge in [0, 0.05) is 20.6 Å². The molecular weight excluding hydrogens is 1020 g/mol. The van der Waals surface area contributed by atoms with Crippen LogP contribution < -0.4 is 37.9 Å². The Morgan fingerprint density at radius 1 is 0.383 bits per heavy atom. The van der Waals surface area contributed by atoms with Crippen molar-refractivity contribution in [3.05, 3.63) is 228 Å². The smallest absolute Gasteiger partial charge is 0.118 e. The third-order valence-corrected chi connectivity index (χ3v) is 16.1. The molecule has 0 N–H and O–H groups in total. The van der Waals surface area contributed by atoms with E-state index in [2.05, 4.69) is 132 Å². The fourth-order valence-electron chi connectivity index (χ4n) is 10.5. The van der Waals surface area contributed by atoms with E-state index < -0.39 is 0 Å². The summed E-state index contributed by atoms with van der Waals surface area (Å²) in [5, 5.41) is 0. The summed E-state index contributed by atoms with van der Waals surface area (Å²) in [6.07, 6.45) is 4.70. The third-order valence-electron chi connectivity index (χ3n) is 15.0. The van der Waals surface area contributed by atoms with E-state index in [-0.39, 0.29) is 38.5 Å². The van der Waals surface area contributed by atoms with Crippen LogP contribution in [0.5, 0.6) is 46.0 Å². The molecular formula is C72H92O8S. The Hall–Kier alpha value is -7.49. The van der Waals surface area contributed by atoms with Gasteiger partial charge >= 0.3 is 0 Å². The van der Waals surface area contributed by atoms with E-state index in [0.29, 0.717) is 5.92 Å². The second kappa shape index (κ2) is 32.7. The molecule has 9 rings (SSSR count). The van der Waals surface area contributed by atoms with Crippen molar-refractivity contribution >= 4 is 11.8 Å². The first kappa shape index (κ1) is 67.8. The number of rotatable bonds is 16. The molecule has 1 aliphatic rings. The van der Waals surface area contributed by atoms with Crippen LogP contribution in [0.1, 0.15) is 110 Å². The molecule has 1 fully saturated rings. The van der Waals surface area contributed by atoms with Gasteiger partial charge in [-0.3, -0.25) is 0 Å². The fourth-order valence-corrected chi connectivity index (χ4v) is 11.3. The summed E-state index contributed by atoms with van der Waals surface area (Å²) in [6, 6.07) is 66.2. The first-order valence-corrected chi connectivity index (χ1v) is 27.3. The SMILES string of the molecule is C.C.C.COc1ccc(C(C)(C)c2ccc(OC)cc2)cc1.COc1ccc(C2(c3ccc(OC)cc3)C(C)CCCC2(C)C)cc1.COc1ccc(Cc2ccc(OC)cc2)cc1.COc1ccc(Sc2ccc(OC)cc2)cc1. The number of hydrogen-bond acceptors (Lipinski definition) is 9. The summed E-state index contributed by atoms with van der Waals surface area (Å²) in [7, 11) is 13.5. The molecule has 1 aliphatic carbocycles. The van der Waals surface area contributed by atoms with Gasteiger partial charge in [-0.25, -0.2) is 0 Å². The van der Waals surface area contributed by atoms with Crippen LogP contribution in [0.2, 0.25) is 0 Å². The van der Waals surface area contributed by atoms with E-state index in [1.165, 1.54) is 62.4 Å². The monoisotopic (exact) mass is 1120 g/mol. The summed E-state index contributed by atoms with van der Waals surface area (Å²) in [5.41, 5.74) is 7.96. The molecule has 0 aliphatic heterocycles. The lowest BCUT2D eigenvalue weighted by molar-refractivity contribution is 0.0742. The molecule has 0 spiro atoms. The largest absolute Gasteiger partial charge is 0.497 e. The van der Waals surface area contributed by atoms with Gasteiger partial charge in [-0.2, -0.15) is 0 Å². The number of hydrogen-bond donors (Lipinski definition) is 0.